The first-order valence-electron chi connectivity index (χ1n) is 7.94. The van der Waals surface area contributed by atoms with Crippen molar-refractivity contribution in [3.05, 3.63) is 18.2 Å². The maximum Gasteiger partial charge on any atom is 0.246 e. The minimum absolute atomic E-state index is 0.114. The summed E-state index contributed by atoms with van der Waals surface area (Å²) >= 11 is 0. The van der Waals surface area contributed by atoms with Crippen LogP contribution in [0.4, 0.5) is 5.69 Å². The predicted octanol–water partition coefficient (Wildman–Crippen LogP) is 2.46. The molecule has 0 bridgehead atoms. The summed E-state index contributed by atoms with van der Waals surface area (Å²) in [6.07, 6.45) is 1.74. The Balaban J connectivity index is 2.39. The number of nitrogens with one attached hydrogen (secondary N) is 1. The molecule has 0 aliphatic carbocycles. The molecule has 128 valence electrons. The molecule has 1 aliphatic heterocycles. The van der Waals surface area contributed by atoms with Crippen LogP contribution in [0.5, 0.6) is 5.75 Å². The van der Waals surface area contributed by atoms with E-state index in [2.05, 4.69) is 5.32 Å². The van der Waals surface area contributed by atoms with E-state index in [-0.39, 0.29) is 16.7 Å². The van der Waals surface area contributed by atoms with Gasteiger partial charge in [-0.05, 0) is 38.0 Å². The zero-order valence-corrected chi connectivity index (χ0v) is 14.6. The third-order valence-electron chi connectivity index (χ3n) is 3.72. The van der Waals surface area contributed by atoms with Crippen molar-refractivity contribution in [2.45, 2.75) is 38.5 Å². The molecule has 1 fully saturated rings. The van der Waals surface area contributed by atoms with Crippen molar-refractivity contribution in [3.8, 4) is 5.75 Å². The third-order valence-corrected chi connectivity index (χ3v) is 5.64. The number of sulfonamides is 1. The first kappa shape index (κ1) is 17.7. The fourth-order valence-corrected chi connectivity index (χ4v) is 4.09. The number of hydrogen-bond donors (Lipinski definition) is 1. The molecule has 0 atom stereocenters. The van der Waals surface area contributed by atoms with Gasteiger partial charge in [-0.2, -0.15) is 4.31 Å². The van der Waals surface area contributed by atoms with Crippen LogP contribution < -0.4 is 10.1 Å². The van der Waals surface area contributed by atoms with Crippen molar-refractivity contribution >= 4 is 21.6 Å². The lowest BCUT2D eigenvalue weighted by Crippen LogP contribution is -2.28. The van der Waals surface area contributed by atoms with E-state index in [0.29, 0.717) is 31.1 Å². The topological polar surface area (TPSA) is 75.7 Å². The van der Waals surface area contributed by atoms with Gasteiger partial charge in [0.1, 0.15) is 10.6 Å². The number of benzene rings is 1. The highest BCUT2D eigenvalue weighted by atomic mass is 32.2. The maximum absolute atomic E-state index is 12.8. The van der Waals surface area contributed by atoms with Gasteiger partial charge >= 0.3 is 0 Å². The fourth-order valence-electron chi connectivity index (χ4n) is 2.42. The van der Waals surface area contributed by atoms with Gasteiger partial charge in [-0.1, -0.05) is 13.8 Å². The first-order chi connectivity index (χ1) is 10.9. The second kappa shape index (κ2) is 7.31. The number of rotatable bonds is 6. The molecule has 1 aromatic carbocycles. The summed E-state index contributed by atoms with van der Waals surface area (Å²) in [5.41, 5.74) is 0.463. The van der Waals surface area contributed by atoms with E-state index in [1.54, 1.807) is 32.9 Å². The summed E-state index contributed by atoms with van der Waals surface area (Å²) in [5, 5.41) is 2.74. The molecular formula is C16H24N2O4S. The zero-order chi connectivity index (χ0) is 17.0. The zero-order valence-electron chi connectivity index (χ0n) is 13.8. The molecule has 0 radical (unpaired) electrons. The monoisotopic (exact) mass is 340 g/mol. The molecular weight excluding hydrogens is 316 g/mol. The van der Waals surface area contributed by atoms with Crippen LogP contribution in [0.3, 0.4) is 0 Å². The van der Waals surface area contributed by atoms with Crippen LogP contribution in [0.2, 0.25) is 0 Å². The average Bonchev–Trinajstić information content (AvgIpc) is 3.03. The Morgan fingerprint density at radius 2 is 1.96 bits per heavy atom. The van der Waals surface area contributed by atoms with Gasteiger partial charge in [-0.15, -0.1) is 0 Å². The SMILES string of the molecule is CCOc1ccc(NC(=O)C(C)C)cc1S(=O)(=O)N1CCCC1. The van der Waals surface area contributed by atoms with Crippen molar-refractivity contribution in [3.63, 3.8) is 0 Å². The van der Waals surface area contributed by atoms with E-state index < -0.39 is 10.0 Å². The molecule has 1 saturated heterocycles. The Morgan fingerprint density at radius 3 is 2.52 bits per heavy atom. The van der Waals surface area contributed by atoms with Gasteiger partial charge in [-0.3, -0.25) is 4.79 Å². The van der Waals surface area contributed by atoms with E-state index in [1.165, 1.54) is 10.4 Å². The Bertz CT molecular complexity index is 665. The van der Waals surface area contributed by atoms with Gasteiger partial charge in [0, 0.05) is 24.7 Å². The summed E-state index contributed by atoms with van der Waals surface area (Å²) in [5.74, 6) is -0.0131. The van der Waals surface area contributed by atoms with Gasteiger partial charge in [0.25, 0.3) is 0 Å². The normalized spacial score (nSPS) is 15.8. The molecule has 23 heavy (non-hydrogen) atoms. The Hall–Kier alpha value is -1.60. The average molecular weight is 340 g/mol. The van der Waals surface area contributed by atoms with Crippen molar-refractivity contribution in [1.29, 1.82) is 0 Å². The smallest absolute Gasteiger partial charge is 0.246 e. The van der Waals surface area contributed by atoms with Crippen LogP contribution in [0.25, 0.3) is 0 Å². The lowest BCUT2D eigenvalue weighted by atomic mass is 10.2. The highest BCUT2D eigenvalue weighted by Gasteiger charge is 2.30. The van der Waals surface area contributed by atoms with Gasteiger partial charge < -0.3 is 10.1 Å². The van der Waals surface area contributed by atoms with Crippen LogP contribution >= 0.6 is 0 Å². The van der Waals surface area contributed by atoms with E-state index in [0.717, 1.165) is 12.8 Å². The predicted molar refractivity (Wildman–Crippen MR) is 89.1 cm³/mol. The van der Waals surface area contributed by atoms with Crippen molar-refractivity contribution < 1.29 is 17.9 Å². The van der Waals surface area contributed by atoms with Crippen LogP contribution in [-0.2, 0) is 14.8 Å². The molecule has 0 unspecified atom stereocenters. The van der Waals surface area contributed by atoms with Crippen molar-refractivity contribution in [1.82, 2.24) is 4.31 Å². The van der Waals surface area contributed by atoms with Crippen LogP contribution in [0.1, 0.15) is 33.6 Å². The largest absolute Gasteiger partial charge is 0.492 e. The van der Waals surface area contributed by atoms with E-state index in [1.807, 2.05) is 0 Å². The Morgan fingerprint density at radius 1 is 1.30 bits per heavy atom. The Labute approximate surface area is 137 Å². The number of hydrogen-bond acceptors (Lipinski definition) is 4. The second-order valence-electron chi connectivity index (χ2n) is 5.85. The van der Waals surface area contributed by atoms with E-state index in [9.17, 15) is 13.2 Å². The van der Waals surface area contributed by atoms with Crippen LogP contribution in [0, 0.1) is 5.92 Å². The molecule has 7 heteroatoms. The first-order valence-corrected chi connectivity index (χ1v) is 9.38. The summed E-state index contributed by atoms with van der Waals surface area (Å²) in [6.45, 7) is 6.80. The molecule has 1 amide bonds. The molecule has 2 rings (SSSR count). The lowest BCUT2D eigenvalue weighted by molar-refractivity contribution is -0.118. The molecule has 1 aromatic rings. The summed E-state index contributed by atoms with van der Waals surface area (Å²) in [7, 11) is -3.61. The quantitative estimate of drug-likeness (QED) is 0.863. The minimum atomic E-state index is -3.61. The molecule has 0 aromatic heterocycles. The highest BCUT2D eigenvalue weighted by molar-refractivity contribution is 7.89. The molecule has 0 saturated carbocycles. The summed E-state index contributed by atoms with van der Waals surface area (Å²) in [4.78, 5) is 12.0. The number of amides is 1. The van der Waals surface area contributed by atoms with Gasteiger partial charge in [0.15, 0.2) is 0 Å². The number of nitrogens with zero attached hydrogens (tertiary/aromatic N) is 1. The summed E-state index contributed by atoms with van der Waals surface area (Å²) in [6, 6.07) is 4.75. The van der Waals surface area contributed by atoms with E-state index in [4.69, 9.17) is 4.74 Å². The molecule has 1 heterocycles. The molecule has 1 N–H and O–H groups in total. The van der Waals surface area contributed by atoms with Crippen molar-refractivity contribution in [2.75, 3.05) is 25.0 Å². The third kappa shape index (κ3) is 4.03. The maximum atomic E-state index is 12.8. The molecule has 0 spiro atoms. The number of carbonyl (C=O) groups excluding carboxylic acids is 1. The number of carbonyl (C=O) groups is 1. The molecule has 1 aliphatic rings. The fraction of sp³-hybridized carbons (Fsp3) is 0.562. The number of anilines is 1. The van der Waals surface area contributed by atoms with Crippen LogP contribution in [0.15, 0.2) is 23.1 Å². The number of ether oxygens (including phenoxy) is 1. The van der Waals surface area contributed by atoms with E-state index >= 15 is 0 Å². The van der Waals surface area contributed by atoms with Gasteiger partial charge in [0.2, 0.25) is 15.9 Å². The second-order valence-corrected chi connectivity index (χ2v) is 7.76. The van der Waals surface area contributed by atoms with Crippen molar-refractivity contribution in [2.24, 2.45) is 5.92 Å². The highest BCUT2D eigenvalue weighted by Crippen LogP contribution is 2.31. The lowest BCUT2D eigenvalue weighted by Gasteiger charge is -2.19. The van der Waals surface area contributed by atoms with Gasteiger partial charge in [-0.25, -0.2) is 8.42 Å². The van der Waals surface area contributed by atoms with Crippen LogP contribution in [-0.4, -0.2) is 38.3 Å². The standard InChI is InChI=1S/C16H24N2O4S/c1-4-22-14-8-7-13(17-16(19)12(2)3)11-15(14)23(20,21)18-9-5-6-10-18/h7-8,11-12H,4-6,9-10H2,1-3H3,(H,17,19). The minimum Gasteiger partial charge on any atom is -0.492 e. The van der Waals surface area contributed by atoms with Gasteiger partial charge in [0.05, 0.1) is 6.61 Å². The Kier molecular flexibility index (Phi) is 5.64. The molecule has 6 nitrogen and oxygen atoms in total. The summed E-state index contributed by atoms with van der Waals surface area (Å²) < 4.78 is 32.6.